The quantitative estimate of drug-likeness (QED) is 0.808. The lowest BCUT2D eigenvalue weighted by Crippen LogP contribution is -2.38. The minimum absolute atomic E-state index is 0.231. The van der Waals surface area contributed by atoms with Gasteiger partial charge in [-0.2, -0.15) is 5.10 Å². The first kappa shape index (κ1) is 14.3. The molecular weight excluding hydrogens is 260 g/mol. The highest BCUT2D eigenvalue weighted by Crippen LogP contribution is 2.29. The molecule has 1 saturated heterocycles. The molecule has 0 spiro atoms. The molecule has 2 heterocycles. The number of aromatic nitrogens is 2. The van der Waals surface area contributed by atoms with Crippen LogP contribution in [0.15, 0.2) is 0 Å². The molecular formula is C13H22N4OS. The smallest absolute Gasteiger partial charge is 0.137 e. The summed E-state index contributed by atoms with van der Waals surface area (Å²) < 4.78 is 1.85. The lowest BCUT2D eigenvalue weighted by Gasteiger charge is -2.35. The van der Waals surface area contributed by atoms with Crippen molar-refractivity contribution in [3.05, 3.63) is 11.3 Å². The SMILES string of the molecule is Cc1nn(C)c(N2CCC(C(C)O)CC2)c1C(N)=S. The van der Waals surface area contributed by atoms with E-state index < -0.39 is 0 Å². The van der Waals surface area contributed by atoms with Crippen LogP contribution in [0.1, 0.15) is 31.0 Å². The number of anilines is 1. The molecule has 0 amide bonds. The van der Waals surface area contributed by atoms with Crippen molar-refractivity contribution in [1.29, 1.82) is 0 Å². The molecule has 0 saturated carbocycles. The number of aliphatic hydroxyl groups excluding tert-OH is 1. The van der Waals surface area contributed by atoms with Gasteiger partial charge in [0.2, 0.25) is 0 Å². The zero-order valence-corrected chi connectivity index (χ0v) is 12.6. The van der Waals surface area contributed by atoms with Crippen LogP contribution in [0.4, 0.5) is 5.82 Å². The summed E-state index contributed by atoms with van der Waals surface area (Å²) in [5, 5.41) is 14.1. The van der Waals surface area contributed by atoms with E-state index in [2.05, 4.69) is 10.00 Å². The highest BCUT2D eigenvalue weighted by molar-refractivity contribution is 7.80. The van der Waals surface area contributed by atoms with Gasteiger partial charge in [-0.1, -0.05) is 12.2 Å². The van der Waals surface area contributed by atoms with Gasteiger partial charge < -0.3 is 15.7 Å². The second kappa shape index (κ2) is 5.46. The fourth-order valence-corrected chi connectivity index (χ4v) is 3.13. The lowest BCUT2D eigenvalue weighted by molar-refractivity contribution is 0.109. The van der Waals surface area contributed by atoms with E-state index in [9.17, 15) is 5.11 Å². The Labute approximate surface area is 119 Å². The molecule has 1 aliphatic heterocycles. The van der Waals surface area contributed by atoms with Crippen LogP contribution >= 0.6 is 12.2 Å². The third kappa shape index (κ3) is 2.74. The van der Waals surface area contributed by atoms with Crippen LogP contribution in [-0.2, 0) is 7.05 Å². The minimum Gasteiger partial charge on any atom is -0.393 e. The van der Waals surface area contributed by atoms with Crippen molar-refractivity contribution in [1.82, 2.24) is 9.78 Å². The van der Waals surface area contributed by atoms with Gasteiger partial charge in [-0.15, -0.1) is 0 Å². The number of nitrogens with two attached hydrogens (primary N) is 1. The Balaban J connectivity index is 2.22. The van der Waals surface area contributed by atoms with Crippen LogP contribution in [0.3, 0.4) is 0 Å². The van der Waals surface area contributed by atoms with Crippen molar-refractivity contribution < 1.29 is 5.11 Å². The molecule has 1 unspecified atom stereocenters. The van der Waals surface area contributed by atoms with Gasteiger partial charge in [-0.3, -0.25) is 4.68 Å². The molecule has 106 valence electrons. The Morgan fingerprint density at radius 1 is 1.47 bits per heavy atom. The molecule has 0 bridgehead atoms. The van der Waals surface area contributed by atoms with Gasteiger partial charge >= 0.3 is 0 Å². The Morgan fingerprint density at radius 2 is 2.05 bits per heavy atom. The highest BCUT2D eigenvalue weighted by Gasteiger charge is 2.27. The first-order chi connectivity index (χ1) is 8.91. The number of piperidine rings is 1. The number of aryl methyl sites for hydroxylation is 2. The van der Waals surface area contributed by atoms with Crippen LogP contribution in [-0.4, -0.2) is 39.1 Å². The molecule has 19 heavy (non-hydrogen) atoms. The fraction of sp³-hybridized carbons (Fsp3) is 0.692. The monoisotopic (exact) mass is 282 g/mol. The van der Waals surface area contributed by atoms with Gasteiger partial charge in [0.25, 0.3) is 0 Å². The van der Waals surface area contributed by atoms with Crippen LogP contribution < -0.4 is 10.6 Å². The molecule has 3 N–H and O–H groups in total. The summed E-state index contributed by atoms with van der Waals surface area (Å²) in [6, 6.07) is 0. The average Bonchev–Trinajstić information content (AvgIpc) is 2.64. The van der Waals surface area contributed by atoms with Crippen molar-refractivity contribution in [2.75, 3.05) is 18.0 Å². The van der Waals surface area contributed by atoms with Gasteiger partial charge in [-0.25, -0.2) is 0 Å². The third-order valence-electron chi connectivity index (χ3n) is 3.96. The lowest BCUT2D eigenvalue weighted by atomic mass is 9.92. The number of nitrogens with zero attached hydrogens (tertiary/aromatic N) is 3. The maximum absolute atomic E-state index is 9.66. The van der Waals surface area contributed by atoms with E-state index in [0.29, 0.717) is 10.9 Å². The fourth-order valence-electron chi connectivity index (χ4n) is 2.89. The van der Waals surface area contributed by atoms with Crippen LogP contribution in [0.5, 0.6) is 0 Å². The normalized spacial score (nSPS) is 18.6. The summed E-state index contributed by atoms with van der Waals surface area (Å²) in [7, 11) is 1.92. The van der Waals surface area contributed by atoms with E-state index in [4.69, 9.17) is 18.0 Å². The molecule has 5 nitrogen and oxygen atoms in total. The number of hydrogen-bond donors (Lipinski definition) is 2. The number of rotatable bonds is 3. The van der Waals surface area contributed by atoms with Crippen molar-refractivity contribution in [2.24, 2.45) is 18.7 Å². The molecule has 6 heteroatoms. The van der Waals surface area contributed by atoms with Crippen molar-refractivity contribution in [3.8, 4) is 0 Å². The first-order valence-electron chi connectivity index (χ1n) is 6.68. The van der Waals surface area contributed by atoms with E-state index >= 15 is 0 Å². The molecule has 1 aromatic rings. The van der Waals surface area contributed by atoms with E-state index in [1.807, 2.05) is 25.6 Å². The van der Waals surface area contributed by atoms with Gasteiger partial charge in [-0.05, 0) is 32.6 Å². The van der Waals surface area contributed by atoms with Crippen LogP contribution in [0.25, 0.3) is 0 Å². The van der Waals surface area contributed by atoms with Gasteiger partial charge in [0.05, 0.1) is 17.4 Å². The summed E-state index contributed by atoms with van der Waals surface area (Å²) in [5.41, 5.74) is 7.58. The van der Waals surface area contributed by atoms with E-state index in [1.165, 1.54) is 0 Å². The number of hydrogen-bond acceptors (Lipinski definition) is 4. The predicted octanol–water partition coefficient (Wildman–Crippen LogP) is 0.960. The molecule has 2 rings (SSSR count). The summed E-state index contributed by atoms with van der Waals surface area (Å²) >= 11 is 5.14. The number of aliphatic hydroxyl groups is 1. The highest BCUT2D eigenvalue weighted by atomic mass is 32.1. The molecule has 0 aromatic carbocycles. The average molecular weight is 282 g/mol. The summed E-state index contributed by atoms with van der Waals surface area (Å²) in [5.74, 6) is 1.40. The van der Waals surface area contributed by atoms with E-state index in [1.54, 1.807) is 0 Å². The zero-order valence-electron chi connectivity index (χ0n) is 11.8. The summed E-state index contributed by atoms with van der Waals surface area (Å²) in [4.78, 5) is 2.67. The van der Waals surface area contributed by atoms with E-state index in [-0.39, 0.29) is 6.10 Å². The third-order valence-corrected chi connectivity index (χ3v) is 4.16. The zero-order chi connectivity index (χ0) is 14.2. The molecule has 1 aliphatic rings. The standard InChI is InChI=1S/C13H22N4OS/c1-8-11(12(14)19)13(16(3)15-8)17-6-4-10(5-7-17)9(2)18/h9-10,18H,4-7H2,1-3H3,(H2,14,19). The Bertz CT molecular complexity index is 475. The number of thiocarbonyl (C=S) groups is 1. The largest absolute Gasteiger partial charge is 0.393 e. The Kier molecular flexibility index (Phi) is 4.10. The molecule has 0 radical (unpaired) electrons. The van der Waals surface area contributed by atoms with Crippen molar-refractivity contribution in [3.63, 3.8) is 0 Å². The van der Waals surface area contributed by atoms with Gasteiger partial charge in [0.1, 0.15) is 10.8 Å². The Hall–Kier alpha value is -1.14. The summed E-state index contributed by atoms with van der Waals surface area (Å²) in [6.07, 6.45) is 1.74. The van der Waals surface area contributed by atoms with Gasteiger partial charge in [0.15, 0.2) is 0 Å². The topological polar surface area (TPSA) is 67.3 Å². The minimum atomic E-state index is -0.231. The second-order valence-corrected chi connectivity index (χ2v) is 5.78. The maximum Gasteiger partial charge on any atom is 0.137 e. The van der Waals surface area contributed by atoms with Crippen molar-refractivity contribution in [2.45, 2.75) is 32.8 Å². The predicted molar refractivity (Wildman–Crippen MR) is 80.5 cm³/mol. The first-order valence-corrected chi connectivity index (χ1v) is 7.09. The summed E-state index contributed by atoms with van der Waals surface area (Å²) in [6.45, 7) is 5.61. The van der Waals surface area contributed by atoms with E-state index in [0.717, 1.165) is 43.0 Å². The molecule has 1 atom stereocenters. The molecule has 1 aromatic heterocycles. The maximum atomic E-state index is 9.66. The molecule has 1 fully saturated rings. The van der Waals surface area contributed by atoms with Crippen molar-refractivity contribution >= 4 is 23.0 Å². The second-order valence-electron chi connectivity index (χ2n) is 5.34. The molecule has 0 aliphatic carbocycles. The Morgan fingerprint density at radius 3 is 2.53 bits per heavy atom. The van der Waals surface area contributed by atoms with Gasteiger partial charge in [0, 0.05) is 20.1 Å². The van der Waals surface area contributed by atoms with Crippen LogP contribution in [0.2, 0.25) is 0 Å². The van der Waals surface area contributed by atoms with Crippen LogP contribution in [0, 0.1) is 12.8 Å².